The van der Waals surface area contributed by atoms with Gasteiger partial charge in [-0.05, 0) is 74.3 Å². The number of hydrogen-bond donors (Lipinski definition) is 0. The highest BCUT2D eigenvalue weighted by Gasteiger charge is 2.76. The lowest BCUT2D eigenvalue weighted by molar-refractivity contribution is 0.699. The lowest BCUT2D eigenvalue weighted by Gasteiger charge is -2.32. The van der Waals surface area contributed by atoms with Gasteiger partial charge >= 0.3 is 0 Å². The molecule has 1 aliphatic heterocycles. The first-order valence-electron chi connectivity index (χ1n) is 21.8. The van der Waals surface area contributed by atoms with Crippen molar-refractivity contribution in [1.29, 1.82) is 0 Å². The maximum absolute atomic E-state index is 5.53. The van der Waals surface area contributed by atoms with Crippen molar-refractivity contribution in [2.45, 2.75) is 11.6 Å². The third-order valence-corrected chi connectivity index (χ3v) is 14.0. The lowest BCUT2D eigenvalue weighted by atomic mass is 9.90. The Labute approximate surface area is 363 Å². The van der Waals surface area contributed by atoms with Crippen LogP contribution >= 0.6 is 0 Å². The largest absolute Gasteiger partial charge is 0.334 e. The maximum Gasteiger partial charge on any atom is 0.164 e. The zero-order valence-corrected chi connectivity index (χ0v) is 34.1. The second kappa shape index (κ2) is 12.9. The Morgan fingerprint density at radius 1 is 0.397 bits per heavy atom. The van der Waals surface area contributed by atoms with Crippen molar-refractivity contribution in [2.24, 2.45) is 5.92 Å². The summed E-state index contributed by atoms with van der Waals surface area (Å²) < 4.78 is 2.63. The fraction of sp³-hybridized carbons (Fsp3) is 0.0517. The summed E-state index contributed by atoms with van der Waals surface area (Å²) in [5, 5.41) is 9.88. The van der Waals surface area contributed by atoms with E-state index in [4.69, 9.17) is 15.0 Å². The molecule has 0 saturated heterocycles. The average Bonchev–Trinajstić information content (AvgIpc) is 3.78. The van der Waals surface area contributed by atoms with Crippen LogP contribution in [0.4, 0.5) is 11.4 Å². The SMILES string of the molecule is C1=C(c2nc(-c3ccccc3)nc(-c3ccc4c5ccccc5c5ccccc5c4c3)n2)C2C(n3c4ccccc4c4ccccc43)C23C(=C1)c1ccccc1N3c1ccccc1. The summed E-state index contributed by atoms with van der Waals surface area (Å²) in [5.41, 5.74) is 10.0. The highest BCUT2D eigenvalue weighted by atomic mass is 15.4. The molecular weight excluding hydrogens is 767 g/mol. The van der Waals surface area contributed by atoms with Gasteiger partial charge in [0.25, 0.3) is 0 Å². The summed E-state index contributed by atoms with van der Waals surface area (Å²) in [6, 6.07) is 72.2. The van der Waals surface area contributed by atoms with Crippen LogP contribution in [0.5, 0.6) is 0 Å². The van der Waals surface area contributed by atoms with Crippen molar-refractivity contribution < 1.29 is 0 Å². The first kappa shape index (κ1) is 34.6. The van der Waals surface area contributed by atoms with Crippen molar-refractivity contribution >= 4 is 76.6 Å². The standard InChI is InChI=1S/C58H37N5/c1-3-17-36(18-4-1)55-59-56(37-31-32-43-41-23-8-7-21-39(41)40-22-9-10-24-42(40)48(43)35-37)61-57(60-55)47-33-34-49-46-27-13-16-30-52(46)63(38-19-5-2-6-20-38)58(49)53(47)54(58)62-50-28-14-11-25-44(50)45-26-12-15-29-51(45)62/h1-35,53-54H. The quantitative estimate of drug-likeness (QED) is 0.163. The first-order chi connectivity index (χ1) is 31.3. The Kier molecular flexibility index (Phi) is 7.09. The summed E-state index contributed by atoms with van der Waals surface area (Å²) in [5.74, 6) is 2.02. The Morgan fingerprint density at radius 3 is 1.57 bits per heavy atom. The van der Waals surface area contributed by atoms with E-state index in [2.05, 4.69) is 216 Å². The van der Waals surface area contributed by atoms with Gasteiger partial charge in [0.15, 0.2) is 17.5 Å². The van der Waals surface area contributed by atoms with E-state index in [0.29, 0.717) is 17.5 Å². The summed E-state index contributed by atoms with van der Waals surface area (Å²) in [7, 11) is 0. The molecule has 0 amide bonds. The normalized spacial score (nSPS) is 18.7. The van der Waals surface area contributed by atoms with Crippen LogP contribution in [0.25, 0.3) is 88.0 Å². The van der Waals surface area contributed by atoms with Crippen LogP contribution in [0.3, 0.4) is 0 Å². The fourth-order valence-corrected chi connectivity index (χ4v) is 11.4. The summed E-state index contributed by atoms with van der Waals surface area (Å²) >= 11 is 0. The second-order valence-electron chi connectivity index (χ2n) is 17.1. The number of anilines is 2. The first-order valence-corrected chi connectivity index (χ1v) is 21.8. The minimum absolute atomic E-state index is 0.00453. The van der Waals surface area contributed by atoms with E-state index < -0.39 is 5.54 Å². The number of benzene rings is 9. The topological polar surface area (TPSA) is 46.8 Å². The van der Waals surface area contributed by atoms with Crippen molar-refractivity contribution in [1.82, 2.24) is 19.5 Å². The van der Waals surface area contributed by atoms with Crippen molar-refractivity contribution in [3.05, 3.63) is 224 Å². The van der Waals surface area contributed by atoms with Gasteiger partial charge in [-0.15, -0.1) is 0 Å². The van der Waals surface area contributed by atoms with Gasteiger partial charge < -0.3 is 9.47 Å². The molecule has 0 N–H and O–H groups in total. The van der Waals surface area contributed by atoms with Gasteiger partial charge in [-0.1, -0.05) is 176 Å². The molecule has 1 fully saturated rings. The molecule has 9 aromatic carbocycles. The van der Waals surface area contributed by atoms with E-state index in [0.717, 1.165) is 16.7 Å². The van der Waals surface area contributed by atoms with E-state index in [1.807, 2.05) is 6.07 Å². The van der Waals surface area contributed by atoms with E-state index in [1.165, 1.54) is 76.6 Å². The van der Waals surface area contributed by atoms with Gasteiger partial charge in [-0.2, -0.15) is 0 Å². The number of aromatic nitrogens is 4. The Balaban J connectivity index is 1.03. The van der Waals surface area contributed by atoms with Gasteiger partial charge in [-0.3, -0.25) is 0 Å². The monoisotopic (exact) mass is 803 g/mol. The molecular formula is C58H37N5. The summed E-state index contributed by atoms with van der Waals surface area (Å²) in [4.78, 5) is 18.9. The molecule has 11 aromatic rings. The molecule has 3 unspecified atom stereocenters. The van der Waals surface area contributed by atoms with Gasteiger partial charge in [-0.25, -0.2) is 15.0 Å². The van der Waals surface area contributed by atoms with E-state index in [9.17, 15) is 0 Å². The number of allylic oxidation sites excluding steroid dienone is 2. The Hall–Kier alpha value is -8.15. The smallest absolute Gasteiger partial charge is 0.164 e. The lowest BCUT2D eigenvalue weighted by Crippen LogP contribution is -2.34. The predicted molar refractivity (Wildman–Crippen MR) is 259 cm³/mol. The molecule has 1 spiro atoms. The van der Waals surface area contributed by atoms with Crippen molar-refractivity contribution in [3.63, 3.8) is 0 Å². The number of hydrogen-bond acceptors (Lipinski definition) is 4. The fourth-order valence-electron chi connectivity index (χ4n) is 11.4. The zero-order valence-electron chi connectivity index (χ0n) is 34.1. The number of rotatable bonds is 5. The molecule has 5 heteroatoms. The molecule has 63 heavy (non-hydrogen) atoms. The van der Waals surface area contributed by atoms with Gasteiger partial charge in [0.2, 0.25) is 0 Å². The van der Waals surface area contributed by atoms with Crippen LogP contribution < -0.4 is 4.90 Å². The van der Waals surface area contributed by atoms with Crippen LogP contribution in [0, 0.1) is 5.92 Å². The molecule has 2 aromatic heterocycles. The molecule has 3 heterocycles. The van der Waals surface area contributed by atoms with Gasteiger partial charge in [0, 0.05) is 61.4 Å². The van der Waals surface area contributed by atoms with E-state index in [1.54, 1.807) is 0 Å². The maximum atomic E-state index is 5.53. The predicted octanol–water partition coefficient (Wildman–Crippen LogP) is 14.0. The third kappa shape index (κ3) is 4.74. The summed E-state index contributed by atoms with van der Waals surface area (Å²) in [6.45, 7) is 0. The summed E-state index contributed by atoms with van der Waals surface area (Å²) in [6.07, 6.45) is 4.67. The molecule has 5 nitrogen and oxygen atoms in total. The Morgan fingerprint density at radius 2 is 0.905 bits per heavy atom. The number of fused-ring (bicyclic) bond motifs is 11. The molecule has 3 atom stereocenters. The molecule has 2 aliphatic carbocycles. The van der Waals surface area contributed by atoms with Crippen LogP contribution in [-0.4, -0.2) is 25.1 Å². The van der Waals surface area contributed by atoms with Crippen molar-refractivity contribution in [2.75, 3.05) is 4.90 Å². The Bertz CT molecular complexity index is 3680. The van der Waals surface area contributed by atoms with Gasteiger partial charge in [0.05, 0.1) is 6.04 Å². The van der Waals surface area contributed by atoms with E-state index in [-0.39, 0.29) is 12.0 Å². The molecule has 3 aliphatic rings. The minimum atomic E-state index is -0.456. The average molecular weight is 804 g/mol. The second-order valence-corrected chi connectivity index (χ2v) is 17.1. The molecule has 1 saturated carbocycles. The van der Waals surface area contributed by atoms with Crippen LogP contribution in [0.2, 0.25) is 0 Å². The van der Waals surface area contributed by atoms with Gasteiger partial charge in [0.1, 0.15) is 5.54 Å². The highest BCUT2D eigenvalue weighted by Crippen LogP contribution is 2.76. The molecule has 14 rings (SSSR count). The highest BCUT2D eigenvalue weighted by molar-refractivity contribution is 6.25. The van der Waals surface area contributed by atoms with E-state index >= 15 is 0 Å². The zero-order chi connectivity index (χ0) is 41.2. The molecule has 294 valence electrons. The molecule has 0 bridgehead atoms. The number of nitrogens with zero attached hydrogens (tertiary/aromatic N) is 5. The van der Waals surface area contributed by atoms with Crippen LogP contribution in [0.15, 0.2) is 212 Å². The van der Waals surface area contributed by atoms with Crippen LogP contribution in [-0.2, 0) is 0 Å². The van der Waals surface area contributed by atoms with Crippen molar-refractivity contribution in [3.8, 4) is 22.8 Å². The molecule has 0 radical (unpaired) electrons. The van der Waals surface area contributed by atoms with Crippen LogP contribution in [0.1, 0.15) is 17.4 Å². The minimum Gasteiger partial charge on any atom is -0.334 e. The third-order valence-electron chi connectivity index (χ3n) is 14.0. The number of para-hydroxylation sites is 4.